The van der Waals surface area contributed by atoms with Crippen molar-refractivity contribution < 1.29 is 37.4 Å². The Labute approximate surface area is 299 Å². The number of carbonyl (C=O) groups is 4. The van der Waals surface area contributed by atoms with Gasteiger partial charge in [0.05, 0.1) is 17.5 Å². The summed E-state index contributed by atoms with van der Waals surface area (Å²) in [5.41, 5.74) is 6.80. The zero-order valence-electron chi connectivity index (χ0n) is 28.9. The number of amides is 3. The molecule has 3 atom stereocenters. The first-order chi connectivity index (χ1) is 24.5. The molecule has 3 aromatic carbocycles. The molecule has 0 aliphatic carbocycles. The molecule has 51 heavy (non-hydrogen) atoms. The molecule has 0 saturated heterocycles. The van der Waals surface area contributed by atoms with Gasteiger partial charge in [-0.3, -0.25) is 9.59 Å². The first-order valence-corrected chi connectivity index (χ1v) is 18.5. The number of aliphatic hydroxyl groups excluding tert-OH is 1. The Kier molecular flexibility index (Phi) is 16.7. The van der Waals surface area contributed by atoms with Crippen molar-refractivity contribution in [1.82, 2.24) is 20.7 Å². The summed E-state index contributed by atoms with van der Waals surface area (Å²) < 4.78 is 32.8. The molecule has 3 amide bonds. The predicted octanol–water partition coefficient (Wildman–Crippen LogP) is 2.64. The highest BCUT2D eigenvalue weighted by Gasteiger charge is 2.36. The van der Waals surface area contributed by atoms with E-state index in [0.717, 1.165) is 16.7 Å². The van der Waals surface area contributed by atoms with E-state index in [-0.39, 0.29) is 43.9 Å². The molecule has 7 N–H and O–H groups in total. The SMILES string of the molecule is Cc1ccc(S(=O)(=O)NCCCC[C@](N)(C=O)C(=O)N[C@@H](Cc2ccccc2)C(=O)N[C@H](CO)CCCCNC(=O)OCc2ccccc2)cc1. The van der Waals surface area contributed by atoms with Crippen LogP contribution in [0.15, 0.2) is 89.8 Å². The minimum absolute atomic E-state index is 0.0722. The van der Waals surface area contributed by atoms with Crippen LogP contribution in [-0.4, -0.2) is 75.0 Å². The van der Waals surface area contributed by atoms with Crippen LogP contribution in [0.25, 0.3) is 0 Å². The number of ether oxygens (including phenoxy) is 1. The predicted molar refractivity (Wildman–Crippen MR) is 193 cm³/mol. The molecule has 0 aliphatic rings. The molecule has 0 bridgehead atoms. The fraction of sp³-hybridized carbons (Fsp3) is 0.405. The molecule has 13 nitrogen and oxygen atoms in total. The van der Waals surface area contributed by atoms with Gasteiger partial charge in [-0.25, -0.2) is 17.9 Å². The van der Waals surface area contributed by atoms with Gasteiger partial charge in [0.25, 0.3) is 0 Å². The van der Waals surface area contributed by atoms with Gasteiger partial charge in [-0.15, -0.1) is 0 Å². The van der Waals surface area contributed by atoms with E-state index >= 15 is 0 Å². The molecular weight excluding hydrogens is 675 g/mol. The van der Waals surface area contributed by atoms with Crippen LogP contribution in [0.2, 0.25) is 0 Å². The number of aryl methyl sites for hydroxylation is 1. The third-order valence-corrected chi connectivity index (χ3v) is 9.68. The second-order valence-electron chi connectivity index (χ2n) is 12.4. The van der Waals surface area contributed by atoms with Crippen LogP contribution < -0.4 is 26.4 Å². The molecule has 0 aromatic heterocycles. The Morgan fingerprint density at radius 2 is 1.49 bits per heavy atom. The van der Waals surface area contributed by atoms with E-state index in [1.165, 1.54) is 12.1 Å². The van der Waals surface area contributed by atoms with Crippen molar-refractivity contribution in [1.29, 1.82) is 0 Å². The number of rotatable bonds is 22. The Hall–Kier alpha value is -4.63. The quantitative estimate of drug-likeness (QED) is 0.0511. The number of hydrogen-bond acceptors (Lipinski definition) is 9. The Bertz CT molecular complexity index is 1640. The molecule has 0 fully saturated rings. The van der Waals surface area contributed by atoms with Crippen molar-refractivity contribution >= 4 is 34.2 Å². The van der Waals surface area contributed by atoms with Crippen molar-refractivity contribution in [3.8, 4) is 0 Å². The fourth-order valence-corrected chi connectivity index (χ4v) is 6.19. The summed E-state index contributed by atoms with van der Waals surface area (Å²) in [6.07, 6.45) is 1.90. The van der Waals surface area contributed by atoms with Gasteiger partial charge in [0.1, 0.15) is 18.9 Å². The van der Waals surface area contributed by atoms with Crippen molar-refractivity contribution in [3.05, 3.63) is 102 Å². The number of benzene rings is 3. The minimum atomic E-state index is -3.72. The van der Waals surface area contributed by atoms with E-state index in [1.807, 2.05) is 43.3 Å². The standard InChI is InChI=1S/C37H49N5O8S/c1-28-17-19-32(20-18-28)51(48,49)40-23-11-9-21-37(38,27-44)35(46)42-33(24-29-12-4-2-5-13-29)34(45)41-31(25-43)16-8-10-22-39-36(47)50-26-30-14-6-3-7-15-30/h2-7,12-15,17-20,27,31,33,40,43H,8-11,16,21-26,38H2,1H3,(H,39,47)(H,41,45)(H,42,46)/t31-,33-,37-/m0/s1. The second kappa shape index (κ2) is 20.9. The van der Waals surface area contributed by atoms with Crippen LogP contribution in [0.1, 0.15) is 55.2 Å². The summed E-state index contributed by atoms with van der Waals surface area (Å²) >= 11 is 0. The van der Waals surface area contributed by atoms with Crippen molar-refractivity contribution in [2.75, 3.05) is 19.7 Å². The highest BCUT2D eigenvalue weighted by molar-refractivity contribution is 7.89. The Morgan fingerprint density at radius 3 is 2.12 bits per heavy atom. The highest BCUT2D eigenvalue weighted by Crippen LogP contribution is 2.14. The lowest BCUT2D eigenvalue weighted by atomic mass is 9.93. The average molecular weight is 724 g/mol. The van der Waals surface area contributed by atoms with E-state index in [4.69, 9.17) is 10.5 Å². The smallest absolute Gasteiger partial charge is 0.407 e. The first kappa shape index (κ1) is 40.8. The summed E-state index contributed by atoms with van der Waals surface area (Å²) in [6, 6.07) is 23.0. The maximum Gasteiger partial charge on any atom is 0.407 e. The lowest BCUT2D eigenvalue weighted by Gasteiger charge is -2.27. The Balaban J connectivity index is 1.49. The molecule has 0 aliphatic heterocycles. The third kappa shape index (κ3) is 14.3. The number of hydrogen-bond donors (Lipinski definition) is 6. The van der Waals surface area contributed by atoms with Gasteiger partial charge in [0.2, 0.25) is 21.8 Å². The molecule has 0 saturated carbocycles. The number of nitrogens with two attached hydrogens (primary N) is 1. The normalized spacial score (nSPS) is 13.6. The Morgan fingerprint density at radius 1 is 0.863 bits per heavy atom. The van der Waals surface area contributed by atoms with E-state index in [9.17, 15) is 32.7 Å². The van der Waals surface area contributed by atoms with E-state index < -0.39 is 45.6 Å². The van der Waals surface area contributed by atoms with Gasteiger partial charge in [-0.05, 0) is 68.7 Å². The number of aldehydes is 1. The molecular formula is C37H49N5O8S. The van der Waals surface area contributed by atoms with Crippen LogP contribution in [0.3, 0.4) is 0 Å². The number of nitrogens with one attached hydrogen (secondary N) is 4. The number of alkyl carbamates (subject to hydrolysis) is 1. The topological polar surface area (TPSA) is 206 Å². The number of sulfonamides is 1. The third-order valence-electron chi connectivity index (χ3n) is 8.21. The van der Waals surface area contributed by atoms with Gasteiger partial charge in [-0.2, -0.15) is 0 Å². The molecule has 3 rings (SSSR count). The van der Waals surface area contributed by atoms with Gasteiger partial charge >= 0.3 is 6.09 Å². The monoisotopic (exact) mass is 723 g/mol. The summed E-state index contributed by atoms with van der Waals surface area (Å²) in [4.78, 5) is 51.0. The summed E-state index contributed by atoms with van der Waals surface area (Å²) in [5, 5.41) is 18.1. The molecule has 0 heterocycles. The highest BCUT2D eigenvalue weighted by atomic mass is 32.2. The number of aliphatic hydroxyl groups is 1. The maximum atomic E-state index is 13.5. The van der Waals surface area contributed by atoms with Crippen LogP contribution in [-0.2, 0) is 42.2 Å². The molecule has 0 spiro atoms. The van der Waals surface area contributed by atoms with Crippen LogP contribution in [0.4, 0.5) is 4.79 Å². The summed E-state index contributed by atoms with van der Waals surface area (Å²) in [5.74, 6) is -1.41. The fourth-order valence-electron chi connectivity index (χ4n) is 5.12. The van der Waals surface area contributed by atoms with Gasteiger partial charge in [-0.1, -0.05) is 78.4 Å². The van der Waals surface area contributed by atoms with Crippen LogP contribution in [0, 0.1) is 6.92 Å². The van der Waals surface area contributed by atoms with Crippen LogP contribution in [0.5, 0.6) is 0 Å². The van der Waals surface area contributed by atoms with Crippen molar-refractivity contribution in [2.45, 2.75) is 81.0 Å². The van der Waals surface area contributed by atoms with Gasteiger partial charge < -0.3 is 36.3 Å². The van der Waals surface area contributed by atoms with E-state index in [1.54, 1.807) is 36.4 Å². The molecule has 3 aromatic rings. The van der Waals surface area contributed by atoms with Crippen LogP contribution >= 0.6 is 0 Å². The largest absolute Gasteiger partial charge is 0.445 e. The molecule has 276 valence electrons. The summed E-state index contributed by atoms with van der Waals surface area (Å²) in [7, 11) is -3.72. The zero-order valence-corrected chi connectivity index (χ0v) is 29.7. The van der Waals surface area contributed by atoms with E-state index in [2.05, 4.69) is 20.7 Å². The van der Waals surface area contributed by atoms with E-state index in [0.29, 0.717) is 38.5 Å². The minimum Gasteiger partial charge on any atom is -0.445 e. The van der Waals surface area contributed by atoms with Gasteiger partial charge in [0.15, 0.2) is 5.54 Å². The zero-order chi connectivity index (χ0) is 37.1. The maximum absolute atomic E-state index is 13.5. The first-order valence-electron chi connectivity index (χ1n) is 17.0. The van der Waals surface area contributed by atoms with Crippen molar-refractivity contribution in [2.24, 2.45) is 5.73 Å². The molecule has 0 unspecified atom stereocenters. The average Bonchev–Trinajstić information content (AvgIpc) is 3.13. The number of carbonyl (C=O) groups excluding carboxylic acids is 4. The van der Waals surface area contributed by atoms with Crippen molar-refractivity contribution in [3.63, 3.8) is 0 Å². The second-order valence-corrected chi connectivity index (χ2v) is 14.2. The number of unbranched alkanes of at least 4 members (excludes halogenated alkanes) is 2. The molecule has 14 heteroatoms. The lowest BCUT2D eigenvalue weighted by molar-refractivity contribution is -0.135. The lowest BCUT2D eigenvalue weighted by Crippen LogP contribution is -2.60. The molecule has 0 radical (unpaired) electrons. The summed E-state index contributed by atoms with van der Waals surface area (Å²) in [6.45, 7) is 2.07. The van der Waals surface area contributed by atoms with Gasteiger partial charge in [0, 0.05) is 19.5 Å².